The first-order valence-electron chi connectivity index (χ1n) is 3.38. The highest BCUT2D eigenvalue weighted by Gasteiger charge is 1.93. The van der Waals surface area contributed by atoms with Crippen molar-refractivity contribution < 1.29 is 0 Å². The predicted molar refractivity (Wildman–Crippen MR) is 42.5 cm³/mol. The molecule has 0 saturated carbocycles. The van der Waals surface area contributed by atoms with Gasteiger partial charge in [0.15, 0.2) is 0 Å². The number of rotatable bonds is 1. The molecule has 11 heavy (non-hydrogen) atoms. The van der Waals surface area contributed by atoms with E-state index in [1.54, 1.807) is 10.7 Å². The fourth-order valence-electron chi connectivity index (χ4n) is 0.969. The quantitative estimate of drug-likeness (QED) is 0.649. The van der Waals surface area contributed by atoms with Gasteiger partial charge in [0, 0.05) is 7.05 Å². The van der Waals surface area contributed by atoms with Gasteiger partial charge in [-0.2, -0.15) is 0 Å². The topological polar surface area (TPSA) is 42.2 Å². The van der Waals surface area contributed by atoms with Crippen molar-refractivity contribution in [2.45, 2.75) is 0 Å². The first-order valence-corrected chi connectivity index (χ1v) is 3.38. The molecule has 2 rings (SSSR count). The summed E-state index contributed by atoms with van der Waals surface area (Å²) in [7, 11) is 1.87. The third kappa shape index (κ3) is 0.920. The van der Waals surface area contributed by atoms with Crippen LogP contribution in [0.4, 0.5) is 5.69 Å². The molecule has 2 aromatic rings. The molecule has 0 fully saturated rings. The Morgan fingerprint density at radius 2 is 2.36 bits per heavy atom. The lowest BCUT2D eigenvalue weighted by Gasteiger charge is -1.97. The highest BCUT2D eigenvalue weighted by atomic mass is 15.4. The third-order valence-corrected chi connectivity index (χ3v) is 1.59. The number of pyridine rings is 1. The second kappa shape index (κ2) is 2.23. The summed E-state index contributed by atoms with van der Waals surface area (Å²) in [6.07, 6.45) is 3.61. The number of hydrogen-bond donors (Lipinski definition) is 1. The monoisotopic (exact) mass is 148 g/mol. The Labute approximate surface area is 63.8 Å². The molecule has 0 atom stereocenters. The lowest BCUT2D eigenvalue weighted by molar-refractivity contribution is 0.856. The Hall–Kier alpha value is -1.58. The van der Waals surface area contributed by atoms with E-state index in [1.807, 2.05) is 25.4 Å². The molecule has 4 heteroatoms. The molecule has 0 radical (unpaired) electrons. The lowest BCUT2D eigenvalue weighted by Crippen LogP contribution is -1.92. The van der Waals surface area contributed by atoms with E-state index in [0.717, 1.165) is 11.2 Å². The van der Waals surface area contributed by atoms with Crippen LogP contribution in [-0.2, 0) is 0 Å². The van der Waals surface area contributed by atoms with E-state index >= 15 is 0 Å². The molecule has 0 saturated heterocycles. The van der Waals surface area contributed by atoms with Gasteiger partial charge in [-0.05, 0) is 12.1 Å². The summed E-state index contributed by atoms with van der Waals surface area (Å²) in [6, 6.07) is 3.95. The zero-order valence-electron chi connectivity index (χ0n) is 6.15. The summed E-state index contributed by atoms with van der Waals surface area (Å²) in [5.41, 5.74) is 2.03. The van der Waals surface area contributed by atoms with Gasteiger partial charge in [-0.25, -0.2) is 4.52 Å². The van der Waals surface area contributed by atoms with Gasteiger partial charge in [-0.3, -0.25) is 0 Å². The van der Waals surface area contributed by atoms with E-state index in [9.17, 15) is 0 Å². The van der Waals surface area contributed by atoms with Crippen molar-refractivity contribution in [1.29, 1.82) is 0 Å². The Balaban J connectivity index is 2.67. The van der Waals surface area contributed by atoms with Crippen molar-refractivity contribution in [3.8, 4) is 0 Å². The van der Waals surface area contributed by atoms with Gasteiger partial charge in [0.25, 0.3) is 0 Å². The summed E-state index contributed by atoms with van der Waals surface area (Å²) in [6.45, 7) is 0. The van der Waals surface area contributed by atoms with Crippen molar-refractivity contribution >= 4 is 11.2 Å². The maximum Gasteiger partial charge on any atom is 0.0866 e. The summed E-state index contributed by atoms with van der Waals surface area (Å²) in [4.78, 5) is 0. The molecule has 0 aliphatic rings. The van der Waals surface area contributed by atoms with Crippen LogP contribution in [0.1, 0.15) is 0 Å². The van der Waals surface area contributed by atoms with Crippen LogP contribution in [-0.4, -0.2) is 21.9 Å². The minimum absolute atomic E-state index is 1.00. The second-order valence-electron chi connectivity index (χ2n) is 2.27. The number of anilines is 1. The van der Waals surface area contributed by atoms with Crippen molar-refractivity contribution in [3.63, 3.8) is 0 Å². The average molecular weight is 148 g/mol. The van der Waals surface area contributed by atoms with Crippen LogP contribution in [0, 0.1) is 0 Å². The number of nitrogens with zero attached hydrogens (tertiary/aromatic N) is 3. The summed E-state index contributed by atoms with van der Waals surface area (Å²) < 4.78 is 1.73. The minimum atomic E-state index is 1.00. The third-order valence-electron chi connectivity index (χ3n) is 1.59. The largest absolute Gasteiger partial charge is 0.387 e. The molecule has 0 aliphatic carbocycles. The number of nitrogens with one attached hydrogen (secondary N) is 1. The van der Waals surface area contributed by atoms with Gasteiger partial charge in [0.2, 0.25) is 0 Å². The summed E-state index contributed by atoms with van der Waals surface area (Å²) in [5, 5.41) is 10.6. The summed E-state index contributed by atoms with van der Waals surface area (Å²) >= 11 is 0. The molecule has 56 valence electrons. The predicted octanol–water partition coefficient (Wildman–Crippen LogP) is 0.771. The molecule has 2 heterocycles. The molecule has 2 aromatic heterocycles. The molecule has 0 amide bonds. The minimum Gasteiger partial charge on any atom is -0.387 e. The zero-order chi connectivity index (χ0) is 7.68. The van der Waals surface area contributed by atoms with Gasteiger partial charge in [-0.15, -0.1) is 5.10 Å². The highest BCUT2D eigenvalue weighted by molar-refractivity contribution is 5.51. The Morgan fingerprint density at radius 3 is 3.18 bits per heavy atom. The zero-order valence-corrected chi connectivity index (χ0v) is 6.15. The van der Waals surface area contributed by atoms with Crippen LogP contribution >= 0.6 is 0 Å². The molecular formula is C7H8N4. The van der Waals surface area contributed by atoms with Crippen molar-refractivity contribution in [1.82, 2.24) is 14.8 Å². The van der Waals surface area contributed by atoms with E-state index in [4.69, 9.17) is 0 Å². The fourth-order valence-corrected chi connectivity index (χ4v) is 0.969. The molecule has 0 aromatic carbocycles. The molecule has 1 N–H and O–H groups in total. The molecule has 0 bridgehead atoms. The smallest absolute Gasteiger partial charge is 0.0866 e. The van der Waals surface area contributed by atoms with E-state index < -0.39 is 0 Å². The Bertz CT molecular complexity index is 365. The fraction of sp³-hybridized carbons (Fsp3) is 0.143. The van der Waals surface area contributed by atoms with E-state index in [1.165, 1.54) is 0 Å². The molecule has 4 nitrogen and oxygen atoms in total. The van der Waals surface area contributed by atoms with Crippen LogP contribution in [0.5, 0.6) is 0 Å². The average Bonchev–Trinajstić information content (AvgIpc) is 2.50. The number of aromatic nitrogens is 3. The molecule has 0 spiro atoms. The molecule has 0 unspecified atom stereocenters. The first kappa shape index (κ1) is 6.15. The SMILES string of the molecule is CNc1ccc2cnnn2c1. The Morgan fingerprint density at radius 1 is 1.45 bits per heavy atom. The van der Waals surface area contributed by atoms with Crippen LogP contribution < -0.4 is 5.32 Å². The second-order valence-corrected chi connectivity index (χ2v) is 2.27. The van der Waals surface area contributed by atoms with Gasteiger partial charge < -0.3 is 5.32 Å². The van der Waals surface area contributed by atoms with Crippen LogP contribution in [0.3, 0.4) is 0 Å². The van der Waals surface area contributed by atoms with Crippen molar-refractivity contribution in [2.75, 3.05) is 12.4 Å². The normalized spacial score (nSPS) is 10.3. The maximum absolute atomic E-state index is 3.85. The maximum atomic E-state index is 3.85. The van der Waals surface area contributed by atoms with E-state index in [0.29, 0.717) is 0 Å². The van der Waals surface area contributed by atoms with Crippen LogP contribution in [0.15, 0.2) is 24.5 Å². The van der Waals surface area contributed by atoms with Gasteiger partial charge in [0.05, 0.1) is 23.6 Å². The molecule has 0 aliphatic heterocycles. The lowest BCUT2D eigenvalue weighted by atomic mass is 10.4. The van der Waals surface area contributed by atoms with Crippen LogP contribution in [0.25, 0.3) is 5.52 Å². The van der Waals surface area contributed by atoms with E-state index in [2.05, 4.69) is 15.6 Å². The standard InChI is InChI=1S/C7H8N4/c1-8-6-2-3-7-4-9-10-11(7)5-6/h2-5,8H,1H3. The highest BCUT2D eigenvalue weighted by Crippen LogP contribution is 2.07. The number of fused-ring (bicyclic) bond motifs is 1. The Kier molecular flexibility index (Phi) is 1.25. The van der Waals surface area contributed by atoms with Crippen molar-refractivity contribution in [3.05, 3.63) is 24.5 Å². The first-order chi connectivity index (χ1) is 5.40. The van der Waals surface area contributed by atoms with Crippen molar-refractivity contribution in [2.24, 2.45) is 0 Å². The van der Waals surface area contributed by atoms with Gasteiger partial charge in [-0.1, -0.05) is 5.21 Å². The molecular weight excluding hydrogens is 140 g/mol. The number of hydrogen-bond acceptors (Lipinski definition) is 3. The van der Waals surface area contributed by atoms with Gasteiger partial charge in [0.1, 0.15) is 0 Å². The summed E-state index contributed by atoms with van der Waals surface area (Å²) in [5.74, 6) is 0. The van der Waals surface area contributed by atoms with E-state index in [-0.39, 0.29) is 0 Å². The van der Waals surface area contributed by atoms with Crippen LogP contribution in [0.2, 0.25) is 0 Å². The van der Waals surface area contributed by atoms with Gasteiger partial charge >= 0.3 is 0 Å².